The summed E-state index contributed by atoms with van der Waals surface area (Å²) in [6.07, 6.45) is 4.01. The van der Waals surface area contributed by atoms with Gasteiger partial charge in [0.1, 0.15) is 17.1 Å². The quantitative estimate of drug-likeness (QED) is 0.875. The Labute approximate surface area is 116 Å². The molecule has 0 atom stereocenters. The Morgan fingerprint density at radius 3 is 2.68 bits per heavy atom. The average Bonchev–Trinajstić information content (AvgIpc) is 2.29. The van der Waals surface area contributed by atoms with Gasteiger partial charge in [-0.3, -0.25) is 0 Å². The molecule has 19 heavy (non-hydrogen) atoms. The molecule has 106 valence electrons. The van der Waals surface area contributed by atoms with Crippen LogP contribution in [0.15, 0.2) is 6.07 Å². The third-order valence-corrected chi connectivity index (χ3v) is 4.05. The summed E-state index contributed by atoms with van der Waals surface area (Å²) in [6.45, 7) is 10.8. The third-order valence-electron chi connectivity index (χ3n) is 4.05. The number of aromatic hydroxyl groups is 1. The second-order valence-electron chi connectivity index (χ2n) is 6.78. The van der Waals surface area contributed by atoms with Gasteiger partial charge in [-0.05, 0) is 69.6 Å². The van der Waals surface area contributed by atoms with Crippen molar-refractivity contribution in [2.45, 2.75) is 65.9 Å². The molecule has 2 nitrogen and oxygen atoms in total. The number of fused-ring (bicyclic) bond motifs is 1. The summed E-state index contributed by atoms with van der Waals surface area (Å²) in [4.78, 5) is 0. The lowest BCUT2D eigenvalue weighted by Gasteiger charge is -2.34. The molecule has 0 amide bonds. The van der Waals surface area contributed by atoms with Gasteiger partial charge in [-0.25, -0.2) is 0 Å². The lowest BCUT2D eigenvalue weighted by Crippen LogP contribution is -2.33. The highest BCUT2D eigenvalue weighted by Gasteiger charge is 2.29. The Hall–Kier alpha value is -1.18. The van der Waals surface area contributed by atoms with E-state index in [4.69, 9.17) is 4.74 Å². The van der Waals surface area contributed by atoms with Crippen LogP contribution in [0.25, 0.3) is 0 Å². The number of hydrogen-bond donors (Lipinski definition) is 1. The number of phenolic OH excluding ortho intramolecular Hbond substituents is 1. The molecule has 0 aromatic heterocycles. The highest BCUT2D eigenvalue weighted by atomic mass is 16.5. The van der Waals surface area contributed by atoms with Crippen LogP contribution in [-0.2, 0) is 12.8 Å². The maximum absolute atomic E-state index is 10.2. The second-order valence-corrected chi connectivity index (χ2v) is 6.78. The van der Waals surface area contributed by atoms with Gasteiger partial charge in [0.25, 0.3) is 0 Å². The fourth-order valence-electron chi connectivity index (χ4n) is 2.73. The van der Waals surface area contributed by atoms with E-state index in [9.17, 15) is 5.11 Å². The molecule has 0 radical (unpaired) electrons. The summed E-state index contributed by atoms with van der Waals surface area (Å²) < 4.78 is 6.14. The molecule has 2 rings (SSSR count). The van der Waals surface area contributed by atoms with E-state index in [0.717, 1.165) is 48.1 Å². The normalized spacial score (nSPS) is 17.2. The molecule has 1 aromatic carbocycles. The molecule has 1 heterocycles. The van der Waals surface area contributed by atoms with Gasteiger partial charge in [-0.1, -0.05) is 13.8 Å². The van der Waals surface area contributed by atoms with Crippen LogP contribution >= 0.6 is 0 Å². The molecule has 0 unspecified atom stereocenters. The lowest BCUT2D eigenvalue weighted by molar-refractivity contribution is 0.0833. The molecule has 0 aliphatic carbocycles. The summed E-state index contributed by atoms with van der Waals surface area (Å²) in [5, 5.41) is 10.2. The van der Waals surface area contributed by atoms with Crippen molar-refractivity contribution in [1.82, 2.24) is 0 Å². The van der Waals surface area contributed by atoms with Crippen LogP contribution in [-0.4, -0.2) is 10.7 Å². The van der Waals surface area contributed by atoms with E-state index in [0.29, 0.717) is 11.7 Å². The topological polar surface area (TPSA) is 29.5 Å². The molecule has 1 N–H and O–H groups in total. The molecule has 1 aliphatic rings. The first kappa shape index (κ1) is 14.2. The van der Waals surface area contributed by atoms with Crippen molar-refractivity contribution in [1.29, 1.82) is 0 Å². The molecule has 0 saturated heterocycles. The SMILES string of the molecule is Cc1c(CCC(C)C)c(O)cc2c1OC(C)(C)CC2. The third kappa shape index (κ3) is 3.05. The fraction of sp³-hybridized carbons (Fsp3) is 0.647. The number of benzene rings is 1. The van der Waals surface area contributed by atoms with Gasteiger partial charge in [0.05, 0.1) is 0 Å². The highest BCUT2D eigenvalue weighted by molar-refractivity contribution is 5.53. The number of aryl methyl sites for hydroxylation is 1. The van der Waals surface area contributed by atoms with Crippen LogP contribution in [0.3, 0.4) is 0 Å². The Balaban J connectivity index is 2.36. The number of phenols is 1. The minimum Gasteiger partial charge on any atom is -0.508 e. The lowest BCUT2D eigenvalue weighted by atomic mass is 9.89. The molecule has 0 spiro atoms. The van der Waals surface area contributed by atoms with Gasteiger partial charge in [0.2, 0.25) is 0 Å². The van der Waals surface area contributed by atoms with Crippen molar-refractivity contribution in [2.75, 3.05) is 0 Å². The minimum absolute atomic E-state index is 0.0932. The summed E-state index contributed by atoms with van der Waals surface area (Å²) in [6, 6.07) is 1.91. The monoisotopic (exact) mass is 262 g/mol. The van der Waals surface area contributed by atoms with Gasteiger partial charge in [0.15, 0.2) is 0 Å². The zero-order valence-corrected chi connectivity index (χ0v) is 12.8. The first-order valence-corrected chi connectivity index (χ1v) is 7.33. The van der Waals surface area contributed by atoms with Crippen molar-refractivity contribution < 1.29 is 9.84 Å². The van der Waals surface area contributed by atoms with Crippen LogP contribution < -0.4 is 4.74 Å². The van der Waals surface area contributed by atoms with Crippen LogP contribution in [0.5, 0.6) is 11.5 Å². The van der Waals surface area contributed by atoms with Crippen LogP contribution in [0, 0.1) is 12.8 Å². The summed E-state index contributed by atoms with van der Waals surface area (Å²) in [5.74, 6) is 2.10. The largest absolute Gasteiger partial charge is 0.508 e. The molecule has 0 saturated carbocycles. The number of hydrogen-bond acceptors (Lipinski definition) is 2. The first-order valence-electron chi connectivity index (χ1n) is 7.33. The van der Waals surface area contributed by atoms with E-state index in [-0.39, 0.29) is 5.60 Å². The van der Waals surface area contributed by atoms with E-state index in [2.05, 4.69) is 34.6 Å². The van der Waals surface area contributed by atoms with E-state index < -0.39 is 0 Å². The van der Waals surface area contributed by atoms with Gasteiger partial charge >= 0.3 is 0 Å². The predicted molar refractivity (Wildman–Crippen MR) is 79.0 cm³/mol. The van der Waals surface area contributed by atoms with Crippen molar-refractivity contribution in [2.24, 2.45) is 5.92 Å². The summed E-state index contributed by atoms with van der Waals surface area (Å²) in [5.41, 5.74) is 3.25. The molecular weight excluding hydrogens is 236 g/mol. The maximum Gasteiger partial charge on any atom is 0.126 e. The molecule has 1 aliphatic heterocycles. The molecule has 0 bridgehead atoms. The Kier molecular flexibility index (Phi) is 3.80. The highest BCUT2D eigenvalue weighted by Crippen LogP contribution is 2.41. The molecule has 1 aromatic rings. The summed E-state index contributed by atoms with van der Waals surface area (Å²) in [7, 11) is 0. The van der Waals surface area contributed by atoms with Crippen LogP contribution in [0.1, 0.15) is 57.2 Å². The van der Waals surface area contributed by atoms with Gasteiger partial charge in [-0.15, -0.1) is 0 Å². The standard InChI is InChI=1S/C17H26O2/c1-11(2)6-7-14-12(3)16-13(10-15(14)18)8-9-17(4,5)19-16/h10-11,18H,6-9H2,1-5H3. The van der Waals surface area contributed by atoms with Crippen molar-refractivity contribution in [3.05, 3.63) is 22.8 Å². The van der Waals surface area contributed by atoms with Crippen molar-refractivity contribution in [3.8, 4) is 11.5 Å². The maximum atomic E-state index is 10.2. The van der Waals surface area contributed by atoms with Gasteiger partial charge in [-0.2, -0.15) is 0 Å². The zero-order valence-electron chi connectivity index (χ0n) is 12.8. The summed E-state index contributed by atoms with van der Waals surface area (Å²) >= 11 is 0. The van der Waals surface area contributed by atoms with Crippen LogP contribution in [0.4, 0.5) is 0 Å². The number of ether oxygens (including phenoxy) is 1. The van der Waals surface area contributed by atoms with E-state index in [1.165, 1.54) is 0 Å². The Morgan fingerprint density at radius 2 is 2.05 bits per heavy atom. The second kappa shape index (κ2) is 5.07. The number of rotatable bonds is 3. The van der Waals surface area contributed by atoms with Gasteiger partial charge < -0.3 is 9.84 Å². The minimum atomic E-state index is -0.0932. The molecular formula is C17H26O2. The van der Waals surface area contributed by atoms with Crippen molar-refractivity contribution >= 4 is 0 Å². The molecule has 2 heteroatoms. The first-order chi connectivity index (χ1) is 8.80. The van der Waals surface area contributed by atoms with Gasteiger partial charge in [0, 0.05) is 5.56 Å². The fourth-order valence-corrected chi connectivity index (χ4v) is 2.73. The predicted octanol–water partition coefficient (Wildman–Crippen LogP) is 4.39. The van der Waals surface area contributed by atoms with Crippen molar-refractivity contribution in [3.63, 3.8) is 0 Å². The Bertz CT molecular complexity index is 473. The van der Waals surface area contributed by atoms with Crippen LogP contribution in [0.2, 0.25) is 0 Å². The van der Waals surface area contributed by atoms with E-state index in [1.54, 1.807) is 0 Å². The average molecular weight is 262 g/mol. The van der Waals surface area contributed by atoms with E-state index >= 15 is 0 Å². The molecule has 0 fully saturated rings. The Morgan fingerprint density at radius 1 is 1.37 bits per heavy atom. The van der Waals surface area contributed by atoms with E-state index in [1.807, 2.05) is 6.07 Å². The zero-order chi connectivity index (χ0) is 14.2. The smallest absolute Gasteiger partial charge is 0.126 e.